The minimum absolute atomic E-state index is 0.0981. The van der Waals surface area contributed by atoms with E-state index < -0.39 is 29.7 Å². The Labute approximate surface area is 129 Å². The van der Waals surface area contributed by atoms with E-state index in [1.165, 1.54) is 17.1 Å². The van der Waals surface area contributed by atoms with Crippen LogP contribution in [0.2, 0.25) is 0 Å². The number of ether oxygens (including phenoxy) is 1. The largest absolute Gasteiger partial charge is 0.394 e. The van der Waals surface area contributed by atoms with Crippen LogP contribution in [0.25, 0.3) is 11.0 Å². The summed E-state index contributed by atoms with van der Waals surface area (Å²) in [6.45, 7) is -0.389. The third-order valence-electron chi connectivity index (χ3n) is 3.65. The summed E-state index contributed by atoms with van der Waals surface area (Å²) in [5, 5.41) is 18.6. The lowest BCUT2D eigenvalue weighted by atomic mass is 10.2. The van der Waals surface area contributed by atoms with Crippen LogP contribution in [-0.4, -0.2) is 54.8 Å². The molecular weight excluding hydrogens is 314 g/mol. The SMILES string of the molecule is NC(=O)c1cn([C@@H]2O[C@H](CO)[C@@H](O)[C@H]2Cl)c2ncnc(N)c12. The molecule has 0 aliphatic carbocycles. The maximum Gasteiger partial charge on any atom is 0.251 e. The molecule has 118 valence electrons. The highest BCUT2D eigenvalue weighted by Gasteiger charge is 2.44. The Morgan fingerprint density at radius 3 is 2.82 bits per heavy atom. The van der Waals surface area contributed by atoms with Gasteiger partial charge < -0.3 is 31.0 Å². The molecule has 1 aliphatic rings. The fourth-order valence-corrected chi connectivity index (χ4v) is 2.91. The van der Waals surface area contributed by atoms with Gasteiger partial charge in [0.25, 0.3) is 5.91 Å². The lowest BCUT2D eigenvalue weighted by Crippen LogP contribution is -2.29. The molecule has 0 saturated carbocycles. The number of nitrogen functional groups attached to an aromatic ring is 1. The van der Waals surface area contributed by atoms with Gasteiger partial charge >= 0.3 is 0 Å². The van der Waals surface area contributed by atoms with Gasteiger partial charge in [0.2, 0.25) is 0 Å². The van der Waals surface area contributed by atoms with Gasteiger partial charge in [-0.3, -0.25) is 4.79 Å². The van der Waals surface area contributed by atoms with Crippen molar-refractivity contribution in [1.82, 2.24) is 14.5 Å². The molecule has 1 fully saturated rings. The molecule has 0 aromatic carbocycles. The van der Waals surface area contributed by atoms with Gasteiger partial charge in [-0.15, -0.1) is 11.6 Å². The number of aliphatic hydroxyl groups is 2. The molecule has 10 heteroatoms. The number of aromatic nitrogens is 3. The van der Waals surface area contributed by atoms with Crippen LogP contribution in [0.15, 0.2) is 12.5 Å². The summed E-state index contributed by atoms with van der Waals surface area (Å²) in [7, 11) is 0. The highest BCUT2D eigenvalue weighted by Crippen LogP contribution is 2.37. The minimum atomic E-state index is -1.06. The number of hydrogen-bond donors (Lipinski definition) is 4. The van der Waals surface area contributed by atoms with Crippen LogP contribution in [0.5, 0.6) is 0 Å². The van der Waals surface area contributed by atoms with Crippen molar-refractivity contribution in [3.05, 3.63) is 18.1 Å². The average molecular weight is 328 g/mol. The van der Waals surface area contributed by atoms with E-state index in [1.807, 2.05) is 0 Å². The fraction of sp³-hybridized carbons (Fsp3) is 0.417. The van der Waals surface area contributed by atoms with Gasteiger partial charge in [-0.25, -0.2) is 9.97 Å². The van der Waals surface area contributed by atoms with Gasteiger partial charge in [0.15, 0.2) is 6.23 Å². The summed E-state index contributed by atoms with van der Waals surface area (Å²) in [5.74, 6) is -0.602. The molecule has 1 saturated heterocycles. The van der Waals surface area contributed by atoms with E-state index in [9.17, 15) is 15.0 Å². The monoisotopic (exact) mass is 327 g/mol. The topological polar surface area (TPSA) is 150 Å². The van der Waals surface area contributed by atoms with Crippen molar-refractivity contribution >= 4 is 34.4 Å². The zero-order chi connectivity index (χ0) is 16.0. The maximum atomic E-state index is 11.6. The predicted octanol–water partition coefficient (Wildman–Crippen LogP) is -1.03. The first-order valence-electron chi connectivity index (χ1n) is 6.45. The molecule has 2 aromatic rings. The van der Waals surface area contributed by atoms with Crippen molar-refractivity contribution in [1.29, 1.82) is 0 Å². The van der Waals surface area contributed by atoms with Crippen molar-refractivity contribution in [2.24, 2.45) is 5.73 Å². The number of carbonyl (C=O) groups excluding carboxylic acids is 1. The van der Waals surface area contributed by atoms with Gasteiger partial charge in [0.05, 0.1) is 17.6 Å². The molecule has 3 heterocycles. The number of primary amides is 1. The standard InChI is InChI=1S/C12H14ClN5O4/c13-7-8(20)5(2-19)22-12(7)18-1-4(10(15)21)6-9(14)16-3-17-11(6)18/h1,3,5,7-8,12,19-20H,2H2,(H2,15,21)(H2,14,16,17)/t5-,7-,8-,12-/m1/s1. The van der Waals surface area contributed by atoms with Crippen LogP contribution in [0.3, 0.4) is 0 Å². The van der Waals surface area contributed by atoms with Gasteiger partial charge in [-0.2, -0.15) is 0 Å². The highest BCUT2D eigenvalue weighted by atomic mass is 35.5. The highest BCUT2D eigenvalue weighted by molar-refractivity contribution is 6.21. The molecule has 4 atom stereocenters. The third-order valence-corrected chi connectivity index (χ3v) is 4.13. The molecular formula is C12H14ClN5O4. The number of nitrogens with two attached hydrogens (primary N) is 2. The summed E-state index contributed by atoms with van der Waals surface area (Å²) >= 11 is 6.17. The molecule has 0 radical (unpaired) electrons. The molecule has 1 aliphatic heterocycles. The van der Waals surface area contributed by atoms with Crippen LogP contribution in [0, 0.1) is 0 Å². The summed E-state index contributed by atoms with van der Waals surface area (Å²) in [4.78, 5) is 19.5. The normalized spacial score (nSPS) is 28.3. The number of fused-ring (bicyclic) bond motifs is 1. The Bertz CT molecular complexity index is 736. The minimum Gasteiger partial charge on any atom is -0.394 e. The molecule has 0 unspecified atom stereocenters. The summed E-state index contributed by atoms with van der Waals surface area (Å²) < 4.78 is 7.00. The van der Waals surface area contributed by atoms with E-state index >= 15 is 0 Å². The number of anilines is 1. The second kappa shape index (κ2) is 5.36. The Kier molecular flexibility index (Phi) is 3.65. The molecule has 22 heavy (non-hydrogen) atoms. The third kappa shape index (κ3) is 2.10. The Morgan fingerprint density at radius 2 is 2.23 bits per heavy atom. The second-order valence-electron chi connectivity index (χ2n) is 4.95. The maximum absolute atomic E-state index is 11.6. The van der Waals surface area contributed by atoms with E-state index in [0.717, 1.165) is 0 Å². The lowest BCUT2D eigenvalue weighted by molar-refractivity contribution is -0.0429. The zero-order valence-corrected chi connectivity index (χ0v) is 12.0. The quantitative estimate of drug-likeness (QED) is 0.526. The van der Waals surface area contributed by atoms with Gasteiger partial charge in [0, 0.05) is 6.20 Å². The first kappa shape index (κ1) is 15.0. The average Bonchev–Trinajstić information content (AvgIpc) is 3.00. The number of hydrogen-bond acceptors (Lipinski definition) is 7. The van der Waals surface area contributed by atoms with E-state index in [0.29, 0.717) is 11.0 Å². The lowest BCUT2D eigenvalue weighted by Gasteiger charge is -2.16. The zero-order valence-electron chi connectivity index (χ0n) is 11.3. The molecule has 6 N–H and O–H groups in total. The number of rotatable bonds is 3. The van der Waals surface area contributed by atoms with E-state index in [-0.39, 0.29) is 18.0 Å². The van der Waals surface area contributed by atoms with E-state index in [2.05, 4.69) is 9.97 Å². The number of alkyl halides is 1. The number of nitrogens with zero attached hydrogens (tertiary/aromatic N) is 3. The smallest absolute Gasteiger partial charge is 0.251 e. The molecule has 0 bridgehead atoms. The molecule has 9 nitrogen and oxygen atoms in total. The van der Waals surface area contributed by atoms with Crippen LogP contribution < -0.4 is 11.5 Å². The number of halogens is 1. The second-order valence-corrected chi connectivity index (χ2v) is 5.46. The first-order chi connectivity index (χ1) is 10.5. The van der Waals surface area contributed by atoms with Crippen LogP contribution in [0.1, 0.15) is 16.6 Å². The van der Waals surface area contributed by atoms with Gasteiger partial charge in [-0.05, 0) is 0 Å². The van der Waals surface area contributed by atoms with E-state index in [1.54, 1.807) is 0 Å². The first-order valence-corrected chi connectivity index (χ1v) is 6.88. The molecule has 1 amide bonds. The fourth-order valence-electron chi connectivity index (χ4n) is 2.57. The van der Waals surface area contributed by atoms with Crippen LogP contribution in [0.4, 0.5) is 5.82 Å². The number of carbonyl (C=O) groups is 1. The summed E-state index contributed by atoms with van der Waals surface area (Å²) in [6, 6.07) is 0. The summed E-state index contributed by atoms with van der Waals surface area (Å²) in [6.07, 6.45) is -0.0908. The number of aliphatic hydroxyl groups excluding tert-OH is 2. The van der Waals surface area contributed by atoms with Crippen LogP contribution in [-0.2, 0) is 4.74 Å². The van der Waals surface area contributed by atoms with Crippen molar-refractivity contribution < 1.29 is 19.7 Å². The van der Waals surface area contributed by atoms with Crippen molar-refractivity contribution in [3.63, 3.8) is 0 Å². The van der Waals surface area contributed by atoms with Crippen molar-refractivity contribution in [3.8, 4) is 0 Å². The van der Waals surface area contributed by atoms with E-state index in [4.69, 9.17) is 27.8 Å². The summed E-state index contributed by atoms with van der Waals surface area (Å²) in [5.41, 5.74) is 11.6. The predicted molar refractivity (Wildman–Crippen MR) is 77.1 cm³/mol. The van der Waals surface area contributed by atoms with Crippen molar-refractivity contribution in [2.75, 3.05) is 12.3 Å². The van der Waals surface area contributed by atoms with Crippen molar-refractivity contribution in [2.45, 2.75) is 23.8 Å². The molecule has 3 rings (SSSR count). The Hall–Kier alpha value is -1.94. The molecule has 2 aromatic heterocycles. The Balaban J connectivity index is 2.16. The van der Waals surface area contributed by atoms with Crippen LogP contribution >= 0.6 is 11.6 Å². The van der Waals surface area contributed by atoms with Gasteiger partial charge in [0.1, 0.15) is 35.4 Å². The van der Waals surface area contributed by atoms with Gasteiger partial charge in [-0.1, -0.05) is 0 Å². The Morgan fingerprint density at radius 1 is 1.50 bits per heavy atom. The molecule has 0 spiro atoms. The number of amides is 1.